The summed E-state index contributed by atoms with van der Waals surface area (Å²) in [6.45, 7) is 4.03. The highest BCUT2D eigenvalue weighted by atomic mass is 32.2. The van der Waals surface area contributed by atoms with E-state index in [1.807, 2.05) is 86.7 Å². The minimum Gasteiger partial charge on any atom is -0.496 e. The van der Waals surface area contributed by atoms with Crippen molar-refractivity contribution < 1.29 is 41.8 Å². The number of sulfonamides is 1. The summed E-state index contributed by atoms with van der Waals surface area (Å²) in [5.41, 5.74) is 0.928. The molecule has 1 saturated heterocycles. The van der Waals surface area contributed by atoms with Crippen LogP contribution in [0.5, 0.6) is 11.5 Å². The number of alkyl carbamates (subject to hydrolysis) is 1. The van der Waals surface area contributed by atoms with Gasteiger partial charge < -0.3 is 29.7 Å². The molecule has 0 unspecified atom stereocenters. The van der Waals surface area contributed by atoms with Crippen LogP contribution in [0.2, 0.25) is 0 Å². The first-order valence-electron chi connectivity index (χ1n) is 21.0. The number of fused-ring (bicyclic) bond motifs is 4. The summed E-state index contributed by atoms with van der Waals surface area (Å²) in [6.07, 6.45) is 11.3. The molecule has 3 aromatic rings. The molecule has 4 heterocycles. The summed E-state index contributed by atoms with van der Waals surface area (Å²) >= 11 is 0. The van der Waals surface area contributed by atoms with Crippen molar-refractivity contribution in [1.29, 1.82) is 0 Å². The van der Waals surface area contributed by atoms with E-state index in [2.05, 4.69) is 15.4 Å². The summed E-state index contributed by atoms with van der Waals surface area (Å²) < 4.78 is 46.6. The number of carbonyl (C=O) groups is 4. The van der Waals surface area contributed by atoms with Crippen LogP contribution >= 0.6 is 0 Å². The lowest BCUT2D eigenvalue weighted by molar-refractivity contribution is -0.141. The standard InChI is InChI=1S/C45H53N5O9S/c1-44(2)20-12-15-29-21-33-36(24-38(29)57-3)46-35(28-13-8-7-9-14-28)23-39(33)59-31-22-37-40(51)48-45(42(53)49-60(55,56)32-18-19-32)25-30(45)16-10-5-4-6-11-17-34(41(52)50(37)26-31)47-43(54)58-27-44/h7-10,12-16,21,23-24,30-32,34,37H,4-6,11,17-20,22,25-27H2,1-3H3,(H,47,54)(H,48,51)(H,49,53)/b15-12+,16-10-/t30-,31+,34-,37-,45+/m0/s1. The van der Waals surface area contributed by atoms with Gasteiger partial charge in [0.1, 0.15) is 35.2 Å². The van der Waals surface area contributed by atoms with Crippen molar-refractivity contribution in [1.82, 2.24) is 25.2 Å². The van der Waals surface area contributed by atoms with Crippen LogP contribution in [0.15, 0.2) is 66.8 Å². The second-order valence-corrected chi connectivity index (χ2v) is 19.5. The Bertz CT molecular complexity index is 2340. The molecular weight excluding hydrogens is 787 g/mol. The molecule has 15 heteroatoms. The SMILES string of the molecule is COc1cc2nc(-c3ccccc3)cc3c2cc1/C=C/CC(C)(C)COC(=O)N[C@H]1CCCCC/C=C\[C@H]2C[C@@]2(C(=O)NS(=O)(=O)C2CC2)NC(=O)[C@@H]2C[C@H](CN2C1=O)O3. The predicted molar refractivity (Wildman–Crippen MR) is 225 cm³/mol. The van der Waals surface area contributed by atoms with Gasteiger partial charge in [-0.2, -0.15) is 0 Å². The average molecular weight is 840 g/mol. The van der Waals surface area contributed by atoms with Gasteiger partial charge in [-0.1, -0.05) is 81.3 Å². The van der Waals surface area contributed by atoms with E-state index < -0.39 is 74.1 Å². The summed E-state index contributed by atoms with van der Waals surface area (Å²) in [7, 11) is -2.31. The Morgan fingerprint density at radius 2 is 1.82 bits per heavy atom. The molecule has 8 rings (SSSR count). The monoisotopic (exact) mass is 839 g/mol. The lowest BCUT2D eigenvalue weighted by atomic mass is 9.90. The number of carbonyl (C=O) groups excluding carboxylic acids is 4. The van der Waals surface area contributed by atoms with Gasteiger partial charge in [0.25, 0.3) is 5.91 Å². The first-order chi connectivity index (χ1) is 28.7. The molecule has 0 radical (unpaired) electrons. The van der Waals surface area contributed by atoms with Crippen LogP contribution in [0.25, 0.3) is 28.2 Å². The first-order valence-corrected chi connectivity index (χ1v) is 22.5. The molecule has 60 heavy (non-hydrogen) atoms. The van der Waals surface area contributed by atoms with Gasteiger partial charge in [-0.3, -0.25) is 19.1 Å². The molecule has 3 aliphatic heterocycles. The van der Waals surface area contributed by atoms with Crippen molar-refractivity contribution in [2.45, 2.75) is 107 Å². The number of allylic oxidation sites excluding steroid dienone is 2. The van der Waals surface area contributed by atoms with Crippen molar-refractivity contribution in [2.75, 3.05) is 20.3 Å². The zero-order valence-electron chi connectivity index (χ0n) is 34.3. The zero-order valence-corrected chi connectivity index (χ0v) is 35.1. The number of methoxy groups -OCH3 is 1. The van der Waals surface area contributed by atoms with Crippen LogP contribution in [-0.2, 0) is 29.1 Å². The third-order valence-electron chi connectivity index (χ3n) is 12.2. The number of nitrogens with zero attached hydrogens (tertiary/aromatic N) is 2. The highest BCUT2D eigenvalue weighted by Gasteiger charge is 2.62. The fraction of sp³-hybridized carbons (Fsp3) is 0.489. The Balaban J connectivity index is 1.20. The average Bonchev–Trinajstić information content (AvgIpc) is 4.15. The molecule has 3 N–H and O–H groups in total. The second kappa shape index (κ2) is 16.5. The Labute approximate surface area is 350 Å². The maximum Gasteiger partial charge on any atom is 0.407 e. The van der Waals surface area contributed by atoms with Crippen molar-refractivity contribution in [2.24, 2.45) is 11.3 Å². The Hall–Kier alpha value is -5.44. The van der Waals surface area contributed by atoms with Crippen LogP contribution in [-0.4, -0.2) is 91.4 Å². The number of hydrogen-bond donors (Lipinski definition) is 3. The third-order valence-corrected chi connectivity index (χ3v) is 14.0. The minimum atomic E-state index is -3.91. The van der Waals surface area contributed by atoms with Crippen molar-refractivity contribution in [3.63, 3.8) is 0 Å². The van der Waals surface area contributed by atoms with E-state index in [1.54, 1.807) is 7.11 Å². The number of ether oxygens (including phenoxy) is 3. The van der Waals surface area contributed by atoms with Crippen LogP contribution in [0.1, 0.15) is 83.6 Å². The van der Waals surface area contributed by atoms with E-state index in [4.69, 9.17) is 19.2 Å². The molecule has 0 spiro atoms. The molecule has 318 valence electrons. The Morgan fingerprint density at radius 3 is 2.58 bits per heavy atom. The number of pyridine rings is 1. The van der Waals surface area contributed by atoms with E-state index in [1.165, 1.54) is 4.90 Å². The molecule has 3 fully saturated rings. The smallest absolute Gasteiger partial charge is 0.407 e. The molecule has 1 aromatic heterocycles. The van der Waals surface area contributed by atoms with Crippen molar-refractivity contribution >= 4 is 50.8 Å². The van der Waals surface area contributed by atoms with Gasteiger partial charge in [-0.05, 0) is 51.0 Å². The lowest BCUT2D eigenvalue weighted by Crippen LogP contribution is -2.58. The van der Waals surface area contributed by atoms with Crippen LogP contribution in [0, 0.1) is 11.3 Å². The van der Waals surface area contributed by atoms with Gasteiger partial charge in [0.15, 0.2) is 0 Å². The number of rotatable bonds is 5. The highest BCUT2D eigenvalue weighted by molar-refractivity contribution is 7.91. The van der Waals surface area contributed by atoms with Gasteiger partial charge in [0, 0.05) is 46.4 Å². The van der Waals surface area contributed by atoms with Gasteiger partial charge in [-0.25, -0.2) is 18.2 Å². The molecule has 14 nitrogen and oxygen atoms in total. The Morgan fingerprint density at radius 1 is 1.02 bits per heavy atom. The lowest BCUT2D eigenvalue weighted by Gasteiger charge is -2.30. The number of nitrogens with one attached hydrogen (secondary N) is 3. The number of aromatic nitrogens is 1. The van der Waals surface area contributed by atoms with Gasteiger partial charge in [0.05, 0.1) is 36.7 Å². The third kappa shape index (κ3) is 8.86. The molecule has 2 saturated carbocycles. The van der Waals surface area contributed by atoms with Gasteiger partial charge >= 0.3 is 6.09 Å². The van der Waals surface area contributed by atoms with Gasteiger partial charge in [0.2, 0.25) is 21.8 Å². The fourth-order valence-corrected chi connectivity index (χ4v) is 9.80. The van der Waals surface area contributed by atoms with Crippen LogP contribution < -0.4 is 24.8 Å². The zero-order chi connectivity index (χ0) is 42.2. The largest absolute Gasteiger partial charge is 0.496 e. The molecule has 2 aromatic carbocycles. The normalized spacial score (nSPS) is 28.3. The van der Waals surface area contributed by atoms with Crippen LogP contribution in [0.3, 0.4) is 0 Å². The number of hydrogen-bond acceptors (Lipinski definition) is 10. The molecule has 2 aliphatic carbocycles. The summed E-state index contributed by atoms with van der Waals surface area (Å²) in [4.78, 5) is 63.1. The maximum atomic E-state index is 14.8. The highest BCUT2D eigenvalue weighted by Crippen LogP contribution is 2.46. The summed E-state index contributed by atoms with van der Waals surface area (Å²) in [5.74, 6) is -1.23. The predicted octanol–water partition coefficient (Wildman–Crippen LogP) is 5.80. The Kier molecular flexibility index (Phi) is 11.4. The molecule has 4 amide bonds. The van der Waals surface area contributed by atoms with Crippen molar-refractivity contribution in [3.05, 3.63) is 72.3 Å². The quantitative estimate of drug-likeness (QED) is 0.266. The van der Waals surface area contributed by atoms with E-state index in [-0.39, 0.29) is 26.0 Å². The van der Waals surface area contributed by atoms with E-state index in [0.717, 1.165) is 24.0 Å². The van der Waals surface area contributed by atoms with E-state index in [0.29, 0.717) is 66.6 Å². The molecule has 5 atom stereocenters. The van der Waals surface area contributed by atoms with Crippen molar-refractivity contribution in [3.8, 4) is 22.8 Å². The number of cyclic esters (lactones) is 1. The van der Waals surface area contributed by atoms with Crippen LogP contribution in [0.4, 0.5) is 4.79 Å². The minimum absolute atomic E-state index is 0.0107. The number of benzene rings is 2. The summed E-state index contributed by atoms with van der Waals surface area (Å²) in [5, 5.41) is 5.81. The second-order valence-electron chi connectivity index (χ2n) is 17.5. The molecule has 5 aliphatic rings. The number of amides is 4. The molecular formula is C45H53N5O9S. The van der Waals surface area contributed by atoms with E-state index >= 15 is 0 Å². The topological polar surface area (TPSA) is 182 Å². The summed E-state index contributed by atoms with van der Waals surface area (Å²) in [6, 6.07) is 13.2. The van der Waals surface area contributed by atoms with Gasteiger partial charge in [-0.15, -0.1) is 0 Å². The van der Waals surface area contributed by atoms with E-state index in [9.17, 15) is 27.6 Å². The first kappa shape index (κ1) is 41.3. The molecule has 5 bridgehead atoms. The fourth-order valence-electron chi connectivity index (χ4n) is 8.44. The maximum absolute atomic E-state index is 14.8.